The molecule has 2 rings (SSSR count). The summed E-state index contributed by atoms with van der Waals surface area (Å²) in [5, 5.41) is 40.8. The zero-order chi connectivity index (χ0) is 14.7. The van der Waals surface area contributed by atoms with E-state index in [-0.39, 0.29) is 11.4 Å². The largest absolute Gasteiger partial charge is 0.595 e. The van der Waals surface area contributed by atoms with Gasteiger partial charge in [-0.25, -0.2) is 10.4 Å². The highest BCUT2D eigenvalue weighted by Gasteiger charge is 2.13. The molecule has 0 saturated carbocycles. The zero-order valence-electron chi connectivity index (χ0n) is 10.8. The summed E-state index contributed by atoms with van der Waals surface area (Å²) in [4.78, 5) is 0. The Hall–Kier alpha value is -2.00. The van der Waals surface area contributed by atoms with Crippen LogP contribution in [0.3, 0.4) is 0 Å². The third kappa shape index (κ3) is 3.31. The summed E-state index contributed by atoms with van der Waals surface area (Å²) >= 11 is 0. The van der Waals surface area contributed by atoms with Crippen molar-refractivity contribution in [3.8, 4) is 0 Å². The van der Waals surface area contributed by atoms with Gasteiger partial charge in [0.1, 0.15) is 5.69 Å². The molecule has 0 spiro atoms. The van der Waals surface area contributed by atoms with Gasteiger partial charge in [0.25, 0.3) is 0 Å². The Labute approximate surface area is 115 Å². The maximum absolute atomic E-state index is 11.2. The van der Waals surface area contributed by atoms with Gasteiger partial charge in [0.05, 0.1) is 6.07 Å². The summed E-state index contributed by atoms with van der Waals surface area (Å²) in [5.41, 5.74) is 2.05. The van der Waals surface area contributed by atoms with Crippen molar-refractivity contribution < 1.29 is 20.9 Å². The first-order valence-corrected chi connectivity index (χ1v) is 5.91. The molecule has 7 heteroatoms. The lowest BCUT2D eigenvalue weighted by Gasteiger charge is -2.19. The van der Waals surface area contributed by atoms with Crippen molar-refractivity contribution in [2.45, 2.75) is 6.92 Å². The maximum atomic E-state index is 11.2. The Kier molecular flexibility index (Phi) is 4.30. The van der Waals surface area contributed by atoms with Gasteiger partial charge in [0, 0.05) is 11.8 Å². The van der Waals surface area contributed by atoms with Gasteiger partial charge in [0.15, 0.2) is 11.4 Å². The molecule has 2 atom stereocenters. The molecule has 2 aromatic carbocycles. The van der Waals surface area contributed by atoms with Crippen LogP contribution in [0.2, 0.25) is 0 Å². The van der Waals surface area contributed by atoms with Crippen LogP contribution in [-0.2, 0) is 0 Å². The number of aryl methyl sites for hydroxylation is 1. The summed E-state index contributed by atoms with van der Waals surface area (Å²) in [5.74, 6) is 0. The molecular formula is C13H15N3O4. The summed E-state index contributed by atoms with van der Waals surface area (Å²) in [6.07, 6.45) is 0. The van der Waals surface area contributed by atoms with Gasteiger partial charge in [-0.2, -0.15) is 10.5 Å². The Morgan fingerprint density at radius 1 is 0.950 bits per heavy atom. The van der Waals surface area contributed by atoms with Crippen LogP contribution >= 0.6 is 0 Å². The number of quaternary nitrogens is 2. The first-order chi connectivity index (χ1) is 9.47. The predicted octanol–water partition coefficient (Wildman–Crippen LogP) is 0.545. The first kappa shape index (κ1) is 14.4. The molecule has 0 aromatic heterocycles. The fourth-order valence-corrected chi connectivity index (χ4v) is 1.76. The molecule has 2 aromatic rings. The second kappa shape index (κ2) is 5.97. The monoisotopic (exact) mass is 277 g/mol. The van der Waals surface area contributed by atoms with Crippen molar-refractivity contribution in [1.82, 2.24) is 0 Å². The quantitative estimate of drug-likeness (QED) is 0.524. The molecule has 0 amide bonds. The predicted molar refractivity (Wildman–Crippen MR) is 72.5 cm³/mol. The van der Waals surface area contributed by atoms with E-state index < -0.39 is 10.5 Å². The minimum Gasteiger partial charge on any atom is -0.595 e. The van der Waals surface area contributed by atoms with E-state index in [0.29, 0.717) is 5.69 Å². The van der Waals surface area contributed by atoms with Crippen molar-refractivity contribution in [2.75, 3.05) is 5.32 Å². The van der Waals surface area contributed by atoms with E-state index in [1.807, 2.05) is 31.2 Å². The van der Waals surface area contributed by atoms with E-state index in [1.165, 1.54) is 12.1 Å². The third-order valence-electron chi connectivity index (χ3n) is 2.83. The van der Waals surface area contributed by atoms with Crippen LogP contribution in [0.5, 0.6) is 0 Å². The van der Waals surface area contributed by atoms with E-state index in [2.05, 4.69) is 5.32 Å². The molecule has 0 bridgehead atoms. The fraction of sp³-hybridized carbons (Fsp3) is 0.0769. The molecule has 0 radical (unpaired) electrons. The van der Waals surface area contributed by atoms with Crippen LogP contribution in [0.1, 0.15) is 5.56 Å². The number of rotatable bonds is 4. The zero-order valence-corrected chi connectivity index (χ0v) is 10.8. The second-order valence-electron chi connectivity index (χ2n) is 4.36. The summed E-state index contributed by atoms with van der Waals surface area (Å²) in [6.45, 7) is 1.95. The van der Waals surface area contributed by atoms with Gasteiger partial charge in [-0.3, -0.25) is 0 Å². The van der Waals surface area contributed by atoms with Gasteiger partial charge in [-0.1, -0.05) is 17.7 Å². The number of hydrogen-bond acceptors (Lipinski definition) is 5. The Morgan fingerprint density at radius 3 is 2.15 bits per heavy atom. The molecule has 0 aliphatic rings. The molecule has 0 fully saturated rings. The van der Waals surface area contributed by atoms with Gasteiger partial charge >= 0.3 is 0 Å². The van der Waals surface area contributed by atoms with Crippen molar-refractivity contribution in [1.29, 1.82) is 0 Å². The van der Waals surface area contributed by atoms with Crippen molar-refractivity contribution >= 4 is 22.7 Å². The van der Waals surface area contributed by atoms with Gasteiger partial charge < -0.3 is 15.7 Å². The Bertz CT molecular complexity index is 585. The highest BCUT2D eigenvalue weighted by Crippen LogP contribution is 2.24. The van der Waals surface area contributed by atoms with Crippen molar-refractivity contribution in [3.05, 3.63) is 58.4 Å². The lowest BCUT2D eigenvalue weighted by Crippen LogP contribution is -3.00. The molecule has 0 aliphatic heterocycles. The smallest absolute Gasteiger partial charge is 0.193 e. The fourth-order valence-electron chi connectivity index (χ4n) is 1.76. The van der Waals surface area contributed by atoms with Crippen LogP contribution < -0.4 is 15.8 Å². The van der Waals surface area contributed by atoms with Gasteiger partial charge in [-0.15, -0.1) is 0 Å². The lowest BCUT2D eigenvalue weighted by molar-refractivity contribution is -0.996. The Morgan fingerprint density at radius 2 is 1.60 bits per heavy atom. The van der Waals surface area contributed by atoms with E-state index in [1.54, 1.807) is 0 Å². The number of nitrogens with one attached hydrogen (secondary N) is 3. The molecule has 20 heavy (non-hydrogen) atoms. The topological polar surface area (TPSA) is 107 Å². The van der Waals surface area contributed by atoms with E-state index in [4.69, 9.17) is 10.4 Å². The average Bonchev–Trinajstić information content (AvgIpc) is 2.41. The summed E-state index contributed by atoms with van der Waals surface area (Å²) < 4.78 is 0. The van der Waals surface area contributed by atoms with Crippen LogP contribution in [0.15, 0.2) is 42.5 Å². The normalized spacial score (nSPS) is 13.8. The third-order valence-corrected chi connectivity index (χ3v) is 2.83. The van der Waals surface area contributed by atoms with Crippen LogP contribution in [-0.4, -0.2) is 10.4 Å². The average molecular weight is 277 g/mol. The standard InChI is InChI=1S/C13H15N3O4/c1-9-2-4-10(5-3-9)14-12-7-6-11(15(17)18)8-13(12)16(19)20/h2-8,14-17,19H,1H3. The van der Waals surface area contributed by atoms with Crippen molar-refractivity contribution in [3.63, 3.8) is 0 Å². The van der Waals surface area contributed by atoms with Crippen LogP contribution in [0.25, 0.3) is 0 Å². The number of anilines is 2. The van der Waals surface area contributed by atoms with Crippen LogP contribution in [0, 0.1) is 17.3 Å². The minimum atomic E-state index is -1.18. The molecule has 7 nitrogen and oxygen atoms in total. The number of hydrogen-bond donors (Lipinski definition) is 5. The van der Waals surface area contributed by atoms with E-state index >= 15 is 0 Å². The summed E-state index contributed by atoms with van der Waals surface area (Å²) in [6, 6.07) is 11.4. The molecule has 0 heterocycles. The van der Waals surface area contributed by atoms with Gasteiger partial charge in [0.2, 0.25) is 0 Å². The van der Waals surface area contributed by atoms with Gasteiger partial charge in [-0.05, 0) is 25.1 Å². The number of benzene rings is 2. The van der Waals surface area contributed by atoms with E-state index in [0.717, 1.165) is 17.3 Å². The highest BCUT2D eigenvalue weighted by atomic mass is 16.8. The molecule has 0 saturated heterocycles. The molecule has 5 N–H and O–H groups in total. The SMILES string of the molecule is Cc1ccc(Nc2ccc([NH+]([O-])O)cc2[NH+]([O-])O)cc1. The first-order valence-electron chi connectivity index (χ1n) is 5.91. The lowest BCUT2D eigenvalue weighted by atomic mass is 10.2. The molecule has 2 unspecified atom stereocenters. The van der Waals surface area contributed by atoms with Crippen molar-refractivity contribution in [2.24, 2.45) is 0 Å². The summed E-state index contributed by atoms with van der Waals surface area (Å²) in [7, 11) is 0. The molecule has 0 aliphatic carbocycles. The van der Waals surface area contributed by atoms with Crippen LogP contribution in [0.4, 0.5) is 22.7 Å². The van der Waals surface area contributed by atoms with E-state index in [9.17, 15) is 10.4 Å². The minimum absolute atomic E-state index is 0.0585. The maximum Gasteiger partial charge on any atom is 0.193 e. The Balaban J connectivity index is 2.33. The molecular weight excluding hydrogens is 262 g/mol. The second-order valence-corrected chi connectivity index (χ2v) is 4.36. The molecule has 106 valence electrons. The highest BCUT2D eigenvalue weighted by molar-refractivity contribution is 5.71.